The Morgan fingerprint density at radius 1 is 1.02 bits per heavy atom. The smallest absolute Gasteiger partial charge is 0.293 e. The Balaban J connectivity index is 1.35. The van der Waals surface area contributed by atoms with Gasteiger partial charge >= 0.3 is 0 Å². The summed E-state index contributed by atoms with van der Waals surface area (Å²) in [5, 5.41) is 3.12. The van der Waals surface area contributed by atoms with Gasteiger partial charge in [-0.2, -0.15) is 0 Å². The molecule has 0 saturated carbocycles. The molecule has 3 amide bonds. The highest BCUT2D eigenvalue weighted by molar-refractivity contribution is 8.18. The first kappa shape index (κ1) is 29.0. The van der Waals surface area contributed by atoms with Gasteiger partial charge in [0.25, 0.3) is 17.1 Å². The first-order valence-electron chi connectivity index (χ1n) is 12.6. The number of thioether (sulfide) groups is 1. The number of nitrogens with zero attached hydrogens (tertiary/aromatic N) is 1. The van der Waals surface area contributed by atoms with E-state index in [1.54, 1.807) is 48.5 Å². The summed E-state index contributed by atoms with van der Waals surface area (Å²) < 4.78 is 16.8. The summed E-state index contributed by atoms with van der Waals surface area (Å²) in [6.45, 7) is 4.18. The van der Waals surface area contributed by atoms with Crippen LogP contribution in [0.15, 0.2) is 71.6 Å². The topological polar surface area (TPSA) is 94.2 Å². The molecule has 8 nitrogen and oxygen atoms in total. The third-order valence-corrected chi connectivity index (χ3v) is 7.13. The molecule has 0 bridgehead atoms. The lowest BCUT2D eigenvalue weighted by molar-refractivity contribution is -0.123. The highest BCUT2D eigenvalue weighted by atomic mass is 35.5. The number of carbonyl (C=O) groups excluding carboxylic acids is 3. The average molecular weight is 581 g/mol. The predicted octanol–water partition coefficient (Wildman–Crippen LogP) is 6.60. The zero-order valence-electron chi connectivity index (χ0n) is 22.3. The van der Waals surface area contributed by atoms with E-state index in [4.69, 9.17) is 25.8 Å². The highest BCUT2D eigenvalue weighted by Gasteiger charge is 2.34. The summed E-state index contributed by atoms with van der Waals surface area (Å²) in [4.78, 5) is 39.3. The van der Waals surface area contributed by atoms with Gasteiger partial charge in [-0.1, -0.05) is 49.7 Å². The molecule has 10 heteroatoms. The Kier molecular flexibility index (Phi) is 9.74. The second-order valence-electron chi connectivity index (χ2n) is 9.12. The van der Waals surface area contributed by atoms with Crippen molar-refractivity contribution in [2.24, 2.45) is 0 Å². The number of rotatable bonds is 11. The van der Waals surface area contributed by atoms with Gasteiger partial charge in [-0.25, -0.2) is 0 Å². The van der Waals surface area contributed by atoms with E-state index in [-0.39, 0.29) is 41.7 Å². The Labute approximate surface area is 242 Å². The zero-order chi connectivity index (χ0) is 28.6. The molecule has 3 aromatic rings. The van der Waals surface area contributed by atoms with Crippen LogP contribution in [0.5, 0.6) is 17.2 Å². The summed E-state index contributed by atoms with van der Waals surface area (Å²) >= 11 is 6.73. The van der Waals surface area contributed by atoms with Crippen LogP contribution < -0.4 is 19.5 Å². The van der Waals surface area contributed by atoms with Gasteiger partial charge in [-0.3, -0.25) is 19.3 Å². The summed E-state index contributed by atoms with van der Waals surface area (Å²) in [7, 11) is 1.49. The highest BCUT2D eigenvalue weighted by Crippen LogP contribution is 2.34. The maximum absolute atomic E-state index is 12.9. The van der Waals surface area contributed by atoms with Crippen molar-refractivity contribution >= 4 is 52.2 Å². The van der Waals surface area contributed by atoms with Crippen LogP contribution in [-0.2, 0) is 9.59 Å². The first-order valence-corrected chi connectivity index (χ1v) is 13.8. The summed E-state index contributed by atoms with van der Waals surface area (Å²) in [5.74, 6) is 0.924. The molecule has 1 N–H and O–H groups in total. The van der Waals surface area contributed by atoms with Crippen LogP contribution in [0.2, 0.25) is 5.02 Å². The van der Waals surface area contributed by atoms with Gasteiger partial charge in [0.2, 0.25) is 0 Å². The van der Waals surface area contributed by atoms with E-state index in [9.17, 15) is 14.4 Å². The number of halogens is 1. The fraction of sp³-hybridized carbons (Fsp3) is 0.233. The number of imide groups is 1. The number of carbonyl (C=O) groups is 3. The number of amides is 3. The molecular formula is C30H29ClN2O6S. The third kappa shape index (κ3) is 7.37. The number of anilines is 1. The Bertz CT molecular complexity index is 1420. The van der Waals surface area contributed by atoms with Gasteiger partial charge in [0, 0.05) is 10.7 Å². The molecule has 0 spiro atoms. The molecule has 1 heterocycles. The number of methoxy groups -OCH3 is 1. The molecule has 0 aliphatic carbocycles. The molecule has 0 radical (unpaired) electrons. The van der Waals surface area contributed by atoms with Gasteiger partial charge in [0.05, 0.1) is 18.6 Å². The Hall–Kier alpha value is -3.95. The van der Waals surface area contributed by atoms with E-state index >= 15 is 0 Å². The fourth-order valence-electron chi connectivity index (χ4n) is 3.97. The molecule has 0 aromatic heterocycles. The van der Waals surface area contributed by atoms with Gasteiger partial charge in [0.1, 0.15) is 12.4 Å². The van der Waals surface area contributed by atoms with E-state index in [1.807, 2.05) is 24.3 Å². The second kappa shape index (κ2) is 13.4. The molecule has 0 atom stereocenters. The van der Waals surface area contributed by atoms with Crippen molar-refractivity contribution in [1.29, 1.82) is 0 Å². The molecule has 40 heavy (non-hydrogen) atoms. The lowest BCUT2D eigenvalue weighted by Gasteiger charge is -2.15. The van der Waals surface area contributed by atoms with Crippen molar-refractivity contribution in [3.63, 3.8) is 0 Å². The van der Waals surface area contributed by atoms with Crippen LogP contribution in [0.4, 0.5) is 10.5 Å². The van der Waals surface area contributed by atoms with Crippen LogP contribution in [-0.4, -0.2) is 48.8 Å². The number of ether oxygens (including phenoxy) is 3. The molecular weight excluding hydrogens is 552 g/mol. The van der Waals surface area contributed by atoms with E-state index in [0.29, 0.717) is 27.8 Å². The van der Waals surface area contributed by atoms with Crippen LogP contribution in [0.25, 0.3) is 6.08 Å². The predicted molar refractivity (Wildman–Crippen MR) is 157 cm³/mol. The summed E-state index contributed by atoms with van der Waals surface area (Å²) in [6, 6.07) is 19.5. The van der Waals surface area contributed by atoms with E-state index in [0.717, 1.165) is 27.9 Å². The van der Waals surface area contributed by atoms with Crippen molar-refractivity contribution < 1.29 is 28.6 Å². The Morgan fingerprint density at radius 2 is 1.77 bits per heavy atom. The average Bonchev–Trinajstić information content (AvgIpc) is 3.20. The maximum atomic E-state index is 12.9. The molecule has 3 aromatic carbocycles. The molecule has 1 fully saturated rings. The van der Waals surface area contributed by atoms with Crippen molar-refractivity contribution in [1.82, 2.24) is 4.90 Å². The maximum Gasteiger partial charge on any atom is 0.293 e. The van der Waals surface area contributed by atoms with Gasteiger partial charge in [-0.15, -0.1) is 0 Å². The normalized spacial score (nSPS) is 14.1. The van der Waals surface area contributed by atoms with Crippen LogP contribution in [0, 0.1) is 0 Å². The van der Waals surface area contributed by atoms with Crippen molar-refractivity contribution in [2.45, 2.75) is 19.8 Å². The van der Waals surface area contributed by atoms with E-state index in [1.165, 1.54) is 7.11 Å². The van der Waals surface area contributed by atoms with Crippen molar-refractivity contribution in [3.05, 3.63) is 87.8 Å². The molecule has 208 valence electrons. The molecule has 4 rings (SSSR count). The minimum atomic E-state index is -0.396. The molecule has 1 aliphatic heterocycles. The van der Waals surface area contributed by atoms with Gasteiger partial charge < -0.3 is 19.5 Å². The van der Waals surface area contributed by atoms with Gasteiger partial charge in [0.15, 0.2) is 18.1 Å². The molecule has 1 aliphatic rings. The Morgan fingerprint density at radius 3 is 2.50 bits per heavy atom. The minimum Gasteiger partial charge on any atom is -0.493 e. The minimum absolute atomic E-state index is 0.116. The van der Waals surface area contributed by atoms with Crippen molar-refractivity contribution in [2.75, 3.05) is 32.2 Å². The first-order chi connectivity index (χ1) is 19.2. The SMILES string of the molecule is COc1cc(/C=C2\SC(=O)N(CCOc3ccc(Cl)cc3)C2=O)ccc1OCC(=O)Nc1ccccc1C(C)C. The van der Waals surface area contributed by atoms with Crippen LogP contribution in [0.3, 0.4) is 0 Å². The lowest BCUT2D eigenvalue weighted by atomic mass is 10.0. The fourth-order valence-corrected chi connectivity index (χ4v) is 4.96. The van der Waals surface area contributed by atoms with E-state index in [2.05, 4.69) is 19.2 Å². The number of benzene rings is 3. The second-order valence-corrected chi connectivity index (χ2v) is 10.6. The monoisotopic (exact) mass is 580 g/mol. The van der Waals surface area contributed by atoms with Crippen LogP contribution in [0.1, 0.15) is 30.9 Å². The summed E-state index contributed by atoms with van der Waals surface area (Å²) in [5.41, 5.74) is 2.43. The summed E-state index contributed by atoms with van der Waals surface area (Å²) in [6.07, 6.45) is 1.62. The van der Waals surface area contributed by atoms with E-state index < -0.39 is 5.91 Å². The largest absolute Gasteiger partial charge is 0.493 e. The van der Waals surface area contributed by atoms with Crippen LogP contribution >= 0.6 is 23.4 Å². The quantitative estimate of drug-likeness (QED) is 0.255. The number of para-hydroxylation sites is 1. The number of hydrogen-bond donors (Lipinski definition) is 1. The zero-order valence-corrected chi connectivity index (χ0v) is 23.9. The lowest BCUT2D eigenvalue weighted by Crippen LogP contribution is -2.32. The number of hydrogen-bond acceptors (Lipinski definition) is 7. The molecule has 1 saturated heterocycles. The molecule has 0 unspecified atom stereocenters. The number of nitrogens with one attached hydrogen (secondary N) is 1. The van der Waals surface area contributed by atoms with Crippen molar-refractivity contribution in [3.8, 4) is 17.2 Å². The third-order valence-electron chi connectivity index (χ3n) is 5.97. The standard InChI is InChI=1S/C30H29ClN2O6S/c1-19(2)23-6-4-5-7-24(23)32-28(34)18-39-25-13-8-20(16-26(25)37-3)17-27-29(35)33(30(36)40-27)14-15-38-22-11-9-21(31)10-12-22/h4-13,16-17,19H,14-15,18H2,1-3H3,(H,32,34)/b27-17-. The van der Waals surface area contributed by atoms with Gasteiger partial charge in [-0.05, 0) is 77.3 Å².